The summed E-state index contributed by atoms with van der Waals surface area (Å²) in [5, 5.41) is 2.87. The fourth-order valence-corrected chi connectivity index (χ4v) is 3.03. The summed E-state index contributed by atoms with van der Waals surface area (Å²) < 4.78 is 5.24. The minimum absolute atomic E-state index is 0.284. The number of ether oxygens (including phenoxy) is 1. The molecule has 1 fully saturated rings. The first-order valence-corrected chi connectivity index (χ1v) is 7.87. The van der Waals surface area contributed by atoms with Crippen molar-refractivity contribution in [2.45, 2.75) is 78.2 Å². The van der Waals surface area contributed by atoms with Gasteiger partial charge in [0.15, 0.2) is 0 Å². The van der Waals surface area contributed by atoms with Crippen LogP contribution in [0.1, 0.15) is 72.6 Å². The molecule has 0 aromatic heterocycles. The fourth-order valence-electron chi connectivity index (χ4n) is 3.03. The van der Waals surface area contributed by atoms with Crippen LogP contribution in [0, 0.1) is 11.8 Å². The summed E-state index contributed by atoms with van der Waals surface area (Å²) in [5.41, 5.74) is -0.402. The molecule has 2 atom stereocenters. The van der Waals surface area contributed by atoms with Crippen LogP contribution in [0.4, 0.5) is 4.79 Å². The van der Waals surface area contributed by atoms with Crippen LogP contribution in [0.3, 0.4) is 0 Å². The van der Waals surface area contributed by atoms with Gasteiger partial charge in [-0.1, -0.05) is 39.0 Å². The zero-order valence-corrected chi connectivity index (χ0v) is 13.1. The van der Waals surface area contributed by atoms with Crippen LogP contribution in [0.15, 0.2) is 0 Å². The van der Waals surface area contributed by atoms with Gasteiger partial charge in [-0.25, -0.2) is 4.79 Å². The number of carbonyl (C=O) groups is 1. The summed E-state index contributed by atoms with van der Waals surface area (Å²) in [7, 11) is 0. The number of carbonyl (C=O) groups excluding carboxylic acids is 1. The normalized spacial score (nSPS) is 24.0. The molecule has 1 aliphatic rings. The van der Waals surface area contributed by atoms with Crippen LogP contribution in [0.5, 0.6) is 0 Å². The van der Waals surface area contributed by atoms with Crippen LogP contribution >= 0.6 is 0 Å². The average Bonchev–Trinajstić information content (AvgIpc) is 2.27. The van der Waals surface area contributed by atoms with Gasteiger partial charge >= 0.3 is 6.09 Å². The van der Waals surface area contributed by atoms with Gasteiger partial charge in [0.1, 0.15) is 5.60 Å². The summed E-state index contributed by atoms with van der Waals surface area (Å²) in [5.74, 6) is 1.71. The van der Waals surface area contributed by atoms with E-state index in [1.165, 1.54) is 38.5 Å². The largest absolute Gasteiger partial charge is 0.444 e. The van der Waals surface area contributed by atoms with E-state index in [9.17, 15) is 4.79 Å². The number of rotatable bonds is 5. The van der Waals surface area contributed by atoms with E-state index in [2.05, 4.69) is 12.2 Å². The van der Waals surface area contributed by atoms with Crippen LogP contribution in [-0.2, 0) is 4.74 Å². The average molecular weight is 269 g/mol. The van der Waals surface area contributed by atoms with Gasteiger partial charge in [0.25, 0.3) is 0 Å². The predicted octanol–water partition coefficient (Wildman–Crippen LogP) is 4.51. The Morgan fingerprint density at radius 2 is 1.84 bits per heavy atom. The Morgan fingerprint density at radius 1 is 1.21 bits per heavy atom. The van der Waals surface area contributed by atoms with Gasteiger partial charge in [-0.15, -0.1) is 0 Å². The van der Waals surface area contributed by atoms with E-state index >= 15 is 0 Å². The van der Waals surface area contributed by atoms with Gasteiger partial charge in [-0.2, -0.15) is 0 Å². The molecule has 0 radical (unpaired) electrons. The van der Waals surface area contributed by atoms with E-state index in [-0.39, 0.29) is 6.09 Å². The predicted molar refractivity (Wildman–Crippen MR) is 79.2 cm³/mol. The third-order valence-corrected chi connectivity index (χ3v) is 3.81. The minimum atomic E-state index is -0.402. The van der Waals surface area contributed by atoms with Gasteiger partial charge in [0, 0.05) is 6.54 Å². The first kappa shape index (κ1) is 16.3. The Kier molecular flexibility index (Phi) is 6.67. The van der Waals surface area contributed by atoms with Crippen molar-refractivity contribution in [3.8, 4) is 0 Å². The third kappa shape index (κ3) is 7.44. The molecule has 1 N–H and O–H groups in total. The highest BCUT2D eigenvalue weighted by molar-refractivity contribution is 5.67. The van der Waals surface area contributed by atoms with Crippen LogP contribution in [-0.4, -0.2) is 18.2 Å². The maximum atomic E-state index is 11.5. The summed E-state index contributed by atoms with van der Waals surface area (Å²) in [6.07, 6.45) is 8.93. The summed E-state index contributed by atoms with van der Waals surface area (Å²) in [6, 6.07) is 0. The quantitative estimate of drug-likeness (QED) is 0.797. The lowest BCUT2D eigenvalue weighted by atomic mass is 9.78. The van der Waals surface area contributed by atoms with E-state index in [0.717, 1.165) is 24.8 Å². The van der Waals surface area contributed by atoms with Crippen LogP contribution in [0.2, 0.25) is 0 Å². The van der Waals surface area contributed by atoms with Crippen molar-refractivity contribution in [3.63, 3.8) is 0 Å². The van der Waals surface area contributed by atoms with E-state index in [4.69, 9.17) is 4.74 Å². The maximum Gasteiger partial charge on any atom is 0.407 e. The number of amides is 1. The highest BCUT2D eigenvalue weighted by Crippen LogP contribution is 2.33. The number of nitrogens with one attached hydrogen (secondary N) is 1. The molecule has 1 saturated carbocycles. The zero-order valence-electron chi connectivity index (χ0n) is 13.1. The summed E-state index contributed by atoms with van der Waals surface area (Å²) in [4.78, 5) is 11.5. The molecule has 0 saturated heterocycles. The molecule has 1 amide bonds. The van der Waals surface area contributed by atoms with Gasteiger partial charge in [-0.05, 0) is 45.4 Å². The molecule has 112 valence electrons. The lowest BCUT2D eigenvalue weighted by Gasteiger charge is -2.29. The van der Waals surface area contributed by atoms with Crippen molar-refractivity contribution in [2.24, 2.45) is 11.8 Å². The van der Waals surface area contributed by atoms with E-state index < -0.39 is 5.60 Å². The fraction of sp³-hybridized carbons (Fsp3) is 0.938. The number of hydrogen-bond acceptors (Lipinski definition) is 2. The lowest BCUT2D eigenvalue weighted by Crippen LogP contribution is -2.33. The molecule has 0 bridgehead atoms. The highest BCUT2D eigenvalue weighted by Gasteiger charge is 2.21. The smallest absolute Gasteiger partial charge is 0.407 e. The second-order valence-electron chi connectivity index (χ2n) is 6.90. The molecule has 19 heavy (non-hydrogen) atoms. The summed E-state index contributed by atoms with van der Waals surface area (Å²) in [6.45, 7) is 8.70. The van der Waals surface area contributed by atoms with Crippen LogP contribution in [0.25, 0.3) is 0 Å². The van der Waals surface area contributed by atoms with Crippen LogP contribution < -0.4 is 5.32 Å². The Balaban J connectivity index is 2.16. The van der Waals surface area contributed by atoms with Crippen molar-refractivity contribution in [1.82, 2.24) is 5.32 Å². The van der Waals surface area contributed by atoms with Crippen molar-refractivity contribution in [1.29, 1.82) is 0 Å². The van der Waals surface area contributed by atoms with Gasteiger partial charge in [0.05, 0.1) is 0 Å². The van der Waals surface area contributed by atoms with Crippen molar-refractivity contribution in [2.75, 3.05) is 6.54 Å². The Morgan fingerprint density at radius 3 is 2.42 bits per heavy atom. The molecule has 2 unspecified atom stereocenters. The van der Waals surface area contributed by atoms with E-state index in [1.54, 1.807) is 0 Å². The molecule has 1 aliphatic carbocycles. The molecule has 1 rings (SSSR count). The molecular formula is C16H31NO2. The zero-order chi connectivity index (χ0) is 14.3. The number of alkyl carbamates (subject to hydrolysis) is 1. The van der Waals surface area contributed by atoms with Gasteiger partial charge < -0.3 is 10.1 Å². The maximum absolute atomic E-state index is 11.5. The second-order valence-corrected chi connectivity index (χ2v) is 6.90. The first-order chi connectivity index (χ1) is 8.90. The topological polar surface area (TPSA) is 38.3 Å². The molecule has 0 heterocycles. The molecule has 0 aromatic carbocycles. The van der Waals surface area contributed by atoms with Gasteiger partial charge in [-0.3, -0.25) is 0 Å². The minimum Gasteiger partial charge on any atom is -0.444 e. The monoisotopic (exact) mass is 269 g/mol. The molecule has 3 nitrogen and oxygen atoms in total. The number of hydrogen-bond donors (Lipinski definition) is 1. The molecule has 0 spiro atoms. The van der Waals surface area contributed by atoms with Crippen molar-refractivity contribution >= 4 is 6.09 Å². The summed E-state index contributed by atoms with van der Waals surface area (Å²) >= 11 is 0. The van der Waals surface area contributed by atoms with Crippen molar-refractivity contribution in [3.05, 3.63) is 0 Å². The van der Waals surface area contributed by atoms with E-state index in [0.29, 0.717) is 0 Å². The molecule has 0 aliphatic heterocycles. The van der Waals surface area contributed by atoms with Gasteiger partial charge in [0.2, 0.25) is 0 Å². The van der Waals surface area contributed by atoms with Crippen molar-refractivity contribution < 1.29 is 9.53 Å². The third-order valence-electron chi connectivity index (χ3n) is 3.81. The molecular weight excluding hydrogens is 238 g/mol. The Labute approximate surface area is 118 Å². The Bertz CT molecular complexity index is 268. The highest BCUT2D eigenvalue weighted by atomic mass is 16.6. The second kappa shape index (κ2) is 7.76. The van der Waals surface area contributed by atoms with E-state index in [1.807, 2.05) is 20.8 Å². The standard InChI is InChI=1S/C16H31NO2/c1-5-7-13-8-6-9-14(12-13)10-11-17-15(18)19-16(2,3)4/h13-14H,5-12H2,1-4H3,(H,17,18). The Hall–Kier alpha value is -0.730. The first-order valence-electron chi connectivity index (χ1n) is 7.87. The molecule has 3 heteroatoms. The lowest BCUT2D eigenvalue weighted by molar-refractivity contribution is 0.0523. The molecule has 0 aromatic rings. The SMILES string of the molecule is CCCC1CCCC(CCNC(=O)OC(C)(C)C)C1.